The molecule has 0 aromatic carbocycles. The molecule has 4 rings (SSSR count). The molecule has 0 saturated carbocycles. The number of carbonyl (C=O) groups excluding carboxylic acids is 1. The Morgan fingerprint density at radius 1 is 1.28 bits per heavy atom. The fourth-order valence-corrected chi connectivity index (χ4v) is 4.85. The number of anilines is 2. The molecule has 0 radical (unpaired) electrons. The first-order chi connectivity index (χ1) is 17.5. The number of alkyl halides is 1. The second-order valence-electron chi connectivity index (χ2n) is 9.69. The molecule has 0 spiro atoms. The molecule has 4 heterocycles. The van der Waals surface area contributed by atoms with E-state index in [1.54, 1.807) is 6.92 Å². The lowest BCUT2D eigenvalue weighted by atomic mass is 10.1. The smallest absolute Gasteiger partial charge is 0.336 e. The molecule has 2 aliphatic rings. The number of hydrogen-bond donors (Lipinski definition) is 3. The summed E-state index contributed by atoms with van der Waals surface area (Å²) in [7, 11) is 1.87. The third-order valence-corrected chi connectivity index (χ3v) is 6.92. The predicted molar refractivity (Wildman–Crippen MR) is 136 cm³/mol. The van der Waals surface area contributed by atoms with Crippen molar-refractivity contribution in [3.05, 3.63) is 40.4 Å². The summed E-state index contributed by atoms with van der Waals surface area (Å²) in [5, 5.41) is 18.4. The van der Waals surface area contributed by atoms with Crippen molar-refractivity contribution in [1.29, 1.82) is 0 Å². The zero-order chi connectivity index (χ0) is 25.5. The lowest BCUT2D eigenvalue weighted by molar-refractivity contribution is -0.896. The molecule has 0 fully saturated rings. The Morgan fingerprint density at radius 3 is 2.89 bits per heavy atom. The molecule has 0 unspecified atom stereocenters. The van der Waals surface area contributed by atoms with Crippen LogP contribution in [0, 0.1) is 0 Å². The number of ketones is 1. The van der Waals surface area contributed by atoms with Crippen molar-refractivity contribution in [2.24, 2.45) is 0 Å². The number of aryl methyl sites for hydroxylation is 2. The molecule has 0 bridgehead atoms. The van der Waals surface area contributed by atoms with E-state index in [1.807, 2.05) is 17.8 Å². The van der Waals surface area contributed by atoms with Gasteiger partial charge in [-0.3, -0.25) is 14.5 Å². The first-order valence-corrected chi connectivity index (χ1v) is 13.0. The molecule has 3 N–H and O–H groups in total. The third kappa shape index (κ3) is 6.34. The van der Waals surface area contributed by atoms with Crippen LogP contribution in [0.4, 0.5) is 16.0 Å². The minimum absolute atomic E-state index is 0.0101. The van der Waals surface area contributed by atoms with Crippen molar-refractivity contribution in [3.8, 4) is 0 Å². The number of hydrogen-bond acceptors (Lipinski definition) is 7. The van der Waals surface area contributed by atoms with E-state index in [0.29, 0.717) is 31.7 Å². The summed E-state index contributed by atoms with van der Waals surface area (Å²) >= 11 is 0. The van der Waals surface area contributed by atoms with Gasteiger partial charge in [-0.2, -0.15) is 4.58 Å². The maximum Gasteiger partial charge on any atom is 0.336 e. The lowest BCUT2D eigenvalue weighted by Gasteiger charge is -2.24. The number of Topliss-reactive ketones (excluding diaryl/α,β-unsaturated/α-hetero) is 1. The summed E-state index contributed by atoms with van der Waals surface area (Å²) < 4.78 is 15.7. The van der Waals surface area contributed by atoms with Gasteiger partial charge in [-0.1, -0.05) is 15.8 Å². The van der Waals surface area contributed by atoms with E-state index in [-0.39, 0.29) is 12.5 Å². The number of fused-ring (bicyclic) bond motifs is 2. The Balaban J connectivity index is 1.30. The standard InChI is InChI=1S/C26H37FN7O2/c1-19(35)22(31-26-24-23(17-32(24)2)29-18-34(26)36)11-16-33(15-6-12-27)14-4-3-8-21-10-9-20-7-5-13-28-25(20)30-21/h9-10,17-18,22,36H,3-8,11-16H2,1-2H3,(H,28,30)/q+1/p+1/t22-/m0/s1. The number of aromatic nitrogens is 3. The van der Waals surface area contributed by atoms with Gasteiger partial charge in [0.15, 0.2) is 5.78 Å². The van der Waals surface area contributed by atoms with Crippen LogP contribution < -0.4 is 30.6 Å². The SMILES string of the molecule is CC(=O)[C@H](CCN(CCCF)CCCCc1ccc2c(n1)NCCC2)Nc1c2c(nc[n+]1O)=C[N+]=2C. The number of nitrogens with one attached hydrogen (secondary N) is 2. The number of carbonyl (C=O) groups is 1. The van der Waals surface area contributed by atoms with Gasteiger partial charge in [-0.25, -0.2) is 4.98 Å². The van der Waals surface area contributed by atoms with Gasteiger partial charge in [0.2, 0.25) is 6.20 Å². The van der Waals surface area contributed by atoms with Crippen LogP contribution in [0.5, 0.6) is 0 Å². The Bertz CT molecular complexity index is 1200. The molecule has 2 aromatic rings. The van der Waals surface area contributed by atoms with Gasteiger partial charge in [-0.05, 0) is 63.6 Å². The number of rotatable bonds is 14. The molecule has 36 heavy (non-hydrogen) atoms. The van der Waals surface area contributed by atoms with Crippen LogP contribution >= 0.6 is 0 Å². The first-order valence-electron chi connectivity index (χ1n) is 13.0. The van der Waals surface area contributed by atoms with Crippen LogP contribution in [0.2, 0.25) is 0 Å². The van der Waals surface area contributed by atoms with E-state index in [4.69, 9.17) is 4.98 Å². The molecule has 194 valence electrons. The van der Waals surface area contributed by atoms with Gasteiger partial charge < -0.3 is 15.4 Å². The van der Waals surface area contributed by atoms with Crippen LogP contribution in [0.1, 0.15) is 50.3 Å². The van der Waals surface area contributed by atoms with Crippen molar-refractivity contribution in [2.45, 2.75) is 57.9 Å². The van der Waals surface area contributed by atoms with Crippen molar-refractivity contribution >= 4 is 23.6 Å². The fraction of sp³-hybridized carbons (Fsp3) is 0.577. The van der Waals surface area contributed by atoms with Crippen LogP contribution in [0.25, 0.3) is 6.20 Å². The molecule has 1 atom stereocenters. The van der Waals surface area contributed by atoms with E-state index in [9.17, 15) is 14.4 Å². The zero-order valence-corrected chi connectivity index (χ0v) is 21.3. The van der Waals surface area contributed by atoms with Gasteiger partial charge in [0, 0.05) is 31.7 Å². The second-order valence-corrected chi connectivity index (χ2v) is 9.69. The van der Waals surface area contributed by atoms with Crippen molar-refractivity contribution in [3.63, 3.8) is 0 Å². The average molecular weight is 500 g/mol. The lowest BCUT2D eigenvalue weighted by Crippen LogP contribution is -2.57. The Labute approximate surface area is 211 Å². The highest BCUT2D eigenvalue weighted by molar-refractivity contribution is 5.83. The summed E-state index contributed by atoms with van der Waals surface area (Å²) in [5.74, 6) is 1.47. The van der Waals surface area contributed by atoms with Crippen LogP contribution in [-0.2, 0) is 17.6 Å². The summed E-state index contributed by atoms with van der Waals surface area (Å²) in [6, 6.07) is 3.85. The molecular formula is C26H38FN7O2+2. The fourth-order valence-electron chi connectivity index (χ4n) is 4.85. The van der Waals surface area contributed by atoms with Crippen molar-refractivity contribution in [1.82, 2.24) is 19.4 Å². The van der Waals surface area contributed by atoms with E-state index >= 15 is 0 Å². The summed E-state index contributed by atoms with van der Waals surface area (Å²) in [4.78, 5) is 23.6. The number of pyridine rings is 1. The van der Waals surface area contributed by atoms with Crippen LogP contribution in [0.3, 0.4) is 0 Å². The Hall–Kier alpha value is -3.14. The average Bonchev–Trinajstić information content (AvgIpc) is 2.87. The highest BCUT2D eigenvalue weighted by Gasteiger charge is 2.30. The monoisotopic (exact) mass is 499 g/mol. The predicted octanol–water partition coefficient (Wildman–Crippen LogP) is 0.676. The molecule has 0 amide bonds. The van der Waals surface area contributed by atoms with E-state index in [1.165, 1.54) is 11.9 Å². The van der Waals surface area contributed by atoms with Gasteiger partial charge in [0.1, 0.15) is 18.9 Å². The van der Waals surface area contributed by atoms with Gasteiger partial charge >= 0.3 is 11.2 Å². The largest absolute Gasteiger partial charge is 0.371 e. The molecule has 0 aliphatic carbocycles. The summed E-state index contributed by atoms with van der Waals surface area (Å²) in [5.41, 5.74) is 2.40. The summed E-state index contributed by atoms with van der Waals surface area (Å²) in [6.07, 6.45) is 9.36. The zero-order valence-electron chi connectivity index (χ0n) is 21.3. The van der Waals surface area contributed by atoms with Crippen molar-refractivity contribution < 1.29 is 19.1 Å². The highest BCUT2D eigenvalue weighted by atomic mass is 19.1. The van der Waals surface area contributed by atoms with Crippen LogP contribution in [0.15, 0.2) is 18.5 Å². The van der Waals surface area contributed by atoms with E-state index in [2.05, 4.69) is 32.7 Å². The third-order valence-electron chi connectivity index (χ3n) is 6.92. The maximum absolute atomic E-state index is 12.9. The second kappa shape index (κ2) is 12.2. The number of halogens is 1. The Kier molecular flexibility index (Phi) is 8.79. The normalized spacial score (nSPS) is 14.8. The minimum Gasteiger partial charge on any atom is -0.371 e. The Morgan fingerprint density at radius 2 is 2.11 bits per heavy atom. The van der Waals surface area contributed by atoms with E-state index in [0.717, 1.165) is 72.1 Å². The molecular weight excluding hydrogens is 461 g/mol. The quantitative estimate of drug-likeness (QED) is 0.200. The van der Waals surface area contributed by atoms with Crippen molar-refractivity contribution in [2.75, 3.05) is 50.5 Å². The molecule has 2 aromatic heterocycles. The number of nitrogens with zero attached hydrogens (tertiary/aromatic N) is 5. The number of unbranched alkanes of at least 4 members (excludes halogenated alkanes) is 1. The van der Waals surface area contributed by atoms with Gasteiger partial charge in [0.05, 0.1) is 6.67 Å². The topological polar surface area (TPSA) is 97.3 Å². The molecule has 10 heteroatoms. The maximum atomic E-state index is 12.9. The minimum atomic E-state index is -0.469. The summed E-state index contributed by atoms with van der Waals surface area (Å²) in [6.45, 7) is 4.35. The highest BCUT2D eigenvalue weighted by Crippen LogP contribution is 2.20. The molecule has 9 nitrogen and oxygen atoms in total. The van der Waals surface area contributed by atoms with E-state index < -0.39 is 6.04 Å². The van der Waals surface area contributed by atoms with Gasteiger partial charge in [0.25, 0.3) is 11.7 Å². The van der Waals surface area contributed by atoms with Gasteiger partial charge in [-0.15, -0.1) is 0 Å². The molecule has 0 saturated heterocycles. The molecule has 2 aliphatic heterocycles. The first kappa shape index (κ1) is 25.9. The van der Waals surface area contributed by atoms with Crippen LogP contribution in [-0.4, -0.2) is 71.8 Å².